The molecule has 1 aliphatic rings. The Morgan fingerprint density at radius 1 is 1.62 bits per heavy atom. The number of methoxy groups -OCH3 is 1. The zero-order chi connectivity index (χ0) is 9.26. The molecule has 0 radical (unpaired) electrons. The molecule has 1 heterocycles. The van der Waals surface area contributed by atoms with Crippen LogP contribution >= 0.6 is 0 Å². The molecule has 1 aromatic heterocycles. The predicted octanol–water partition coefficient (Wildman–Crippen LogP) is 1.68. The average Bonchev–Trinajstić information content (AvgIpc) is 3.00. The van der Waals surface area contributed by atoms with E-state index >= 15 is 0 Å². The summed E-state index contributed by atoms with van der Waals surface area (Å²) in [5, 5.41) is 0. The van der Waals surface area contributed by atoms with Crippen molar-refractivity contribution < 1.29 is 9.53 Å². The first-order valence-electron chi connectivity index (χ1n) is 4.35. The maximum Gasteiger partial charge on any atom is 0.184 e. The molecule has 0 spiro atoms. The van der Waals surface area contributed by atoms with Crippen molar-refractivity contribution in [2.45, 2.75) is 12.8 Å². The van der Waals surface area contributed by atoms with Crippen LogP contribution in [-0.4, -0.2) is 17.9 Å². The first-order valence-corrected chi connectivity index (χ1v) is 4.35. The van der Waals surface area contributed by atoms with E-state index in [1.54, 1.807) is 25.4 Å². The minimum Gasteiger partial charge on any atom is -0.497 e. The third-order valence-corrected chi connectivity index (χ3v) is 2.17. The van der Waals surface area contributed by atoms with Gasteiger partial charge in [0, 0.05) is 18.2 Å². The highest BCUT2D eigenvalue weighted by molar-refractivity contribution is 5.97. The van der Waals surface area contributed by atoms with Crippen molar-refractivity contribution in [2.75, 3.05) is 7.11 Å². The minimum absolute atomic E-state index is 0.152. The number of ether oxygens (including phenoxy) is 1. The second-order valence-electron chi connectivity index (χ2n) is 3.22. The Kier molecular flexibility index (Phi) is 2.00. The van der Waals surface area contributed by atoms with Crippen LogP contribution in [0.25, 0.3) is 0 Å². The van der Waals surface area contributed by atoms with Crippen LogP contribution in [0.4, 0.5) is 0 Å². The fourth-order valence-electron chi connectivity index (χ4n) is 1.23. The van der Waals surface area contributed by atoms with Crippen LogP contribution in [0.3, 0.4) is 0 Å². The van der Waals surface area contributed by atoms with E-state index in [0.29, 0.717) is 11.4 Å². The van der Waals surface area contributed by atoms with Gasteiger partial charge in [-0.15, -0.1) is 0 Å². The number of pyridine rings is 1. The molecule has 0 aliphatic heterocycles. The summed E-state index contributed by atoms with van der Waals surface area (Å²) in [5.41, 5.74) is 0.529. The molecular weight excluding hydrogens is 166 g/mol. The van der Waals surface area contributed by atoms with Gasteiger partial charge in [-0.25, -0.2) is 0 Å². The van der Waals surface area contributed by atoms with E-state index in [4.69, 9.17) is 4.74 Å². The summed E-state index contributed by atoms with van der Waals surface area (Å²) in [6, 6.07) is 3.43. The van der Waals surface area contributed by atoms with Gasteiger partial charge in [-0.3, -0.25) is 9.78 Å². The number of Topliss-reactive ketones (excluding diaryl/α,β-unsaturated/α-hetero) is 1. The van der Waals surface area contributed by atoms with Gasteiger partial charge in [0.25, 0.3) is 0 Å². The van der Waals surface area contributed by atoms with Crippen LogP contribution in [0.15, 0.2) is 18.3 Å². The Morgan fingerprint density at radius 2 is 2.38 bits per heavy atom. The largest absolute Gasteiger partial charge is 0.497 e. The Balaban J connectivity index is 2.23. The SMILES string of the molecule is COc1ccnc(C(=O)C2CC2)c1. The standard InChI is InChI=1S/C10H11NO2/c1-13-8-4-5-11-9(6-8)10(12)7-2-3-7/h4-7H,2-3H2,1H3. The molecule has 68 valence electrons. The summed E-state index contributed by atoms with van der Waals surface area (Å²) in [7, 11) is 1.58. The molecule has 1 fully saturated rings. The monoisotopic (exact) mass is 177 g/mol. The third-order valence-electron chi connectivity index (χ3n) is 2.17. The minimum atomic E-state index is 0.152. The predicted molar refractivity (Wildman–Crippen MR) is 47.8 cm³/mol. The van der Waals surface area contributed by atoms with Gasteiger partial charge in [0.1, 0.15) is 11.4 Å². The molecule has 13 heavy (non-hydrogen) atoms. The van der Waals surface area contributed by atoms with Gasteiger partial charge in [-0.1, -0.05) is 0 Å². The van der Waals surface area contributed by atoms with Crippen LogP contribution in [0.2, 0.25) is 0 Å². The Labute approximate surface area is 76.7 Å². The van der Waals surface area contributed by atoms with Crippen molar-refractivity contribution in [3.05, 3.63) is 24.0 Å². The van der Waals surface area contributed by atoms with Crippen LogP contribution in [0, 0.1) is 5.92 Å². The molecule has 1 aliphatic carbocycles. The van der Waals surface area contributed by atoms with Crippen LogP contribution in [0.5, 0.6) is 5.75 Å². The molecule has 0 saturated heterocycles. The summed E-state index contributed by atoms with van der Waals surface area (Å²) in [6.07, 6.45) is 3.63. The Bertz CT molecular complexity index is 331. The zero-order valence-electron chi connectivity index (χ0n) is 7.49. The number of rotatable bonds is 3. The average molecular weight is 177 g/mol. The highest BCUT2D eigenvalue weighted by Crippen LogP contribution is 2.32. The molecule has 0 atom stereocenters. The van der Waals surface area contributed by atoms with Gasteiger partial charge < -0.3 is 4.74 Å². The van der Waals surface area contributed by atoms with E-state index in [2.05, 4.69) is 4.98 Å². The van der Waals surface area contributed by atoms with Crippen molar-refractivity contribution >= 4 is 5.78 Å². The summed E-state index contributed by atoms with van der Waals surface area (Å²) < 4.78 is 5.01. The molecule has 1 saturated carbocycles. The number of ketones is 1. The van der Waals surface area contributed by atoms with Gasteiger partial charge in [0.15, 0.2) is 5.78 Å². The first kappa shape index (κ1) is 8.23. The molecule has 3 heteroatoms. The summed E-state index contributed by atoms with van der Waals surface area (Å²) in [4.78, 5) is 15.6. The first-order chi connectivity index (χ1) is 6.31. The van der Waals surface area contributed by atoms with Crippen molar-refractivity contribution in [2.24, 2.45) is 5.92 Å². The summed E-state index contributed by atoms with van der Waals surface area (Å²) >= 11 is 0. The normalized spacial score (nSPS) is 15.5. The number of nitrogens with zero attached hydrogens (tertiary/aromatic N) is 1. The number of hydrogen-bond acceptors (Lipinski definition) is 3. The lowest BCUT2D eigenvalue weighted by atomic mass is 10.2. The topological polar surface area (TPSA) is 39.2 Å². The van der Waals surface area contributed by atoms with E-state index in [1.807, 2.05) is 0 Å². The molecule has 2 rings (SSSR count). The van der Waals surface area contributed by atoms with Gasteiger partial charge in [-0.05, 0) is 18.9 Å². The molecule has 0 bridgehead atoms. The second-order valence-corrected chi connectivity index (χ2v) is 3.22. The maximum absolute atomic E-state index is 11.6. The fraction of sp³-hybridized carbons (Fsp3) is 0.400. The molecule has 0 N–H and O–H groups in total. The molecule has 1 aromatic rings. The van der Waals surface area contributed by atoms with Gasteiger partial charge in [-0.2, -0.15) is 0 Å². The number of aromatic nitrogens is 1. The van der Waals surface area contributed by atoms with Crippen LogP contribution in [-0.2, 0) is 0 Å². The smallest absolute Gasteiger partial charge is 0.184 e. The molecule has 3 nitrogen and oxygen atoms in total. The summed E-state index contributed by atoms with van der Waals surface area (Å²) in [5.74, 6) is 1.07. The molecule has 0 aromatic carbocycles. The number of hydrogen-bond donors (Lipinski definition) is 0. The van der Waals surface area contributed by atoms with E-state index in [9.17, 15) is 4.79 Å². The number of carbonyl (C=O) groups excluding carboxylic acids is 1. The van der Waals surface area contributed by atoms with E-state index in [1.165, 1.54) is 0 Å². The van der Waals surface area contributed by atoms with Gasteiger partial charge in [0.2, 0.25) is 0 Å². The van der Waals surface area contributed by atoms with Crippen LogP contribution < -0.4 is 4.74 Å². The lowest BCUT2D eigenvalue weighted by molar-refractivity contribution is 0.0962. The second kappa shape index (κ2) is 3.17. The molecule has 0 amide bonds. The highest BCUT2D eigenvalue weighted by Gasteiger charge is 2.31. The van der Waals surface area contributed by atoms with Gasteiger partial charge >= 0.3 is 0 Å². The molecular formula is C10H11NO2. The van der Waals surface area contributed by atoms with Gasteiger partial charge in [0.05, 0.1) is 7.11 Å². The number of carbonyl (C=O) groups is 1. The Hall–Kier alpha value is -1.38. The van der Waals surface area contributed by atoms with Crippen molar-refractivity contribution in [3.63, 3.8) is 0 Å². The van der Waals surface area contributed by atoms with E-state index in [-0.39, 0.29) is 11.7 Å². The lowest BCUT2D eigenvalue weighted by Crippen LogP contribution is -2.03. The highest BCUT2D eigenvalue weighted by atomic mass is 16.5. The van der Waals surface area contributed by atoms with Crippen molar-refractivity contribution in [3.8, 4) is 5.75 Å². The zero-order valence-corrected chi connectivity index (χ0v) is 7.49. The fourth-order valence-corrected chi connectivity index (χ4v) is 1.23. The maximum atomic E-state index is 11.6. The van der Waals surface area contributed by atoms with Crippen molar-refractivity contribution in [1.82, 2.24) is 4.98 Å². The Morgan fingerprint density at radius 3 is 3.00 bits per heavy atom. The quantitative estimate of drug-likeness (QED) is 0.659. The molecule has 0 unspecified atom stereocenters. The summed E-state index contributed by atoms with van der Waals surface area (Å²) in [6.45, 7) is 0. The van der Waals surface area contributed by atoms with E-state index < -0.39 is 0 Å². The third kappa shape index (κ3) is 1.69. The lowest BCUT2D eigenvalue weighted by Gasteiger charge is -2.01. The van der Waals surface area contributed by atoms with Crippen LogP contribution in [0.1, 0.15) is 23.3 Å². The van der Waals surface area contributed by atoms with Crippen molar-refractivity contribution in [1.29, 1.82) is 0 Å². The van der Waals surface area contributed by atoms with E-state index in [0.717, 1.165) is 12.8 Å².